The molecule has 1 aromatic carbocycles. The third-order valence-electron chi connectivity index (χ3n) is 3.78. The van der Waals surface area contributed by atoms with E-state index in [1.165, 1.54) is 17.0 Å². The molecule has 0 atom stereocenters. The zero-order chi connectivity index (χ0) is 15.2. The van der Waals surface area contributed by atoms with Crippen molar-refractivity contribution in [2.24, 2.45) is 5.92 Å². The third-order valence-corrected chi connectivity index (χ3v) is 3.78. The first kappa shape index (κ1) is 15.8. The predicted octanol–water partition coefficient (Wildman–Crippen LogP) is 0.303. The van der Waals surface area contributed by atoms with Crippen molar-refractivity contribution < 1.29 is 14.1 Å². The summed E-state index contributed by atoms with van der Waals surface area (Å²) in [5.74, 6) is 0.415. The first-order valence-corrected chi connectivity index (χ1v) is 7.65. The number of piperazine rings is 1. The summed E-state index contributed by atoms with van der Waals surface area (Å²) in [5.41, 5.74) is 1.06. The molecule has 0 bridgehead atoms. The van der Waals surface area contributed by atoms with E-state index in [1.54, 1.807) is 0 Å². The number of nitrogens with one attached hydrogen (secondary N) is 2. The standard InChI is InChI=1S/C16H24FN3O/c1-13(2)11-18-16(21)12-19-7-9-20(10-8-19)15-5-3-14(17)4-6-15/h3-6,13H,7-12H2,1-2H3,(H,18,21)/p+1. The van der Waals surface area contributed by atoms with E-state index in [-0.39, 0.29) is 11.7 Å². The van der Waals surface area contributed by atoms with Crippen LogP contribution in [-0.2, 0) is 4.79 Å². The first-order valence-electron chi connectivity index (χ1n) is 7.65. The van der Waals surface area contributed by atoms with Crippen molar-refractivity contribution in [3.63, 3.8) is 0 Å². The molecular formula is C16H25FN3O+. The molecule has 1 aliphatic heterocycles. The summed E-state index contributed by atoms with van der Waals surface area (Å²) in [6.07, 6.45) is 0. The smallest absolute Gasteiger partial charge is 0.275 e. The predicted molar refractivity (Wildman–Crippen MR) is 82.0 cm³/mol. The maximum absolute atomic E-state index is 12.9. The number of halogens is 1. The molecule has 0 aromatic heterocycles. The quantitative estimate of drug-likeness (QED) is 0.820. The van der Waals surface area contributed by atoms with Crippen LogP contribution in [0.5, 0.6) is 0 Å². The van der Waals surface area contributed by atoms with E-state index in [2.05, 4.69) is 24.1 Å². The molecule has 0 saturated carbocycles. The summed E-state index contributed by atoms with van der Waals surface area (Å²) in [5, 5.41) is 2.96. The third kappa shape index (κ3) is 5.01. The maximum atomic E-state index is 12.9. The lowest BCUT2D eigenvalue weighted by atomic mass is 10.2. The van der Waals surface area contributed by atoms with Crippen LogP contribution >= 0.6 is 0 Å². The van der Waals surface area contributed by atoms with E-state index >= 15 is 0 Å². The van der Waals surface area contributed by atoms with Crippen LogP contribution in [0.3, 0.4) is 0 Å². The Hall–Kier alpha value is -1.62. The molecule has 0 radical (unpaired) electrons. The van der Waals surface area contributed by atoms with Gasteiger partial charge in [-0.05, 0) is 30.2 Å². The van der Waals surface area contributed by atoms with Gasteiger partial charge in [0.05, 0.1) is 26.2 Å². The van der Waals surface area contributed by atoms with Gasteiger partial charge in [0.25, 0.3) is 5.91 Å². The Balaban J connectivity index is 1.75. The number of anilines is 1. The lowest BCUT2D eigenvalue weighted by Gasteiger charge is -2.33. The van der Waals surface area contributed by atoms with Crippen molar-refractivity contribution in [1.29, 1.82) is 0 Å². The average Bonchev–Trinajstić information content (AvgIpc) is 2.47. The Morgan fingerprint density at radius 3 is 2.48 bits per heavy atom. The van der Waals surface area contributed by atoms with E-state index in [4.69, 9.17) is 0 Å². The van der Waals surface area contributed by atoms with Gasteiger partial charge in [-0.3, -0.25) is 4.79 Å². The van der Waals surface area contributed by atoms with Gasteiger partial charge in [0.15, 0.2) is 6.54 Å². The van der Waals surface area contributed by atoms with E-state index in [0.717, 1.165) is 38.4 Å². The van der Waals surface area contributed by atoms with Crippen LogP contribution in [0.1, 0.15) is 13.8 Å². The maximum Gasteiger partial charge on any atom is 0.275 e. The van der Waals surface area contributed by atoms with Crippen molar-refractivity contribution in [2.45, 2.75) is 13.8 Å². The summed E-state index contributed by atoms with van der Waals surface area (Å²) in [4.78, 5) is 15.4. The zero-order valence-corrected chi connectivity index (χ0v) is 12.9. The van der Waals surface area contributed by atoms with E-state index < -0.39 is 0 Å². The van der Waals surface area contributed by atoms with Gasteiger partial charge in [-0.25, -0.2) is 4.39 Å². The topological polar surface area (TPSA) is 36.8 Å². The highest BCUT2D eigenvalue weighted by Crippen LogP contribution is 2.14. The number of amides is 1. The lowest BCUT2D eigenvalue weighted by Crippen LogP contribution is -3.16. The number of nitrogens with zero attached hydrogens (tertiary/aromatic N) is 1. The number of hydrogen-bond acceptors (Lipinski definition) is 2. The molecule has 2 N–H and O–H groups in total. The fourth-order valence-corrected chi connectivity index (χ4v) is 2.52. The summed E-state index contributed by atoms with van der Waals surface area (Å²) in [7, 11) is 0. The molecule has 0 aliphatic carbocycles. The van der Waals surface area contributed by atoms with Crippen LogP contribution in [0.2, 0.25) is 0 Å². The van der Waals surface area contributed by atoms with Crippen LogP contribution < -0.4 is 15.1 Å². The Kier molecular flexibility index (Phi) is 5.56. The highest BCUT2D eigenvalue weighted by Gasteiger charge is 2.22. The van der Waals surface area contributed by atoms with Crippen molar-refractivity contribution in [3.05, 3.63) is 30.1 Å². The van der Waals surface area contributed by atoms with Crippen LogP contribution in [-0.4, -0.2) is 45.2 Å². The molecule has 1 fully saturated rings. The minimum atomic E-state index is -0.204. The number of benzene rings is 1. The normalized spacial score (nSPS) is 16.3. The SMILES string of the molecule is CC(C)CNC(=O)C[NH+]1CCN(c2ccc(F)cc2)CC1. The zero-order valence-electron chi connectivity index (χ0n) is 12.9. The number of hydrogen-bond donors (Lipinski definition) is 2. The van der Waals surface area contributed by atoms with E-state index in [9.17, 15) is 9.18 Å². The van der Waals surface area contributed by atoms with E-state index in [1.807, 2.05) is 12.1 Å². The fourth-order valence-electron chi connectivity index (χ4n) is 2.52. The van der Waals surface area contributed by atoms with Crippen molar-refractivity contribution in [1.82, 2.24) is 5.32 Å². The van der Waals surface area contributed by atoms with Gasteiger partial charge in [-0.15, -0.1) is 0 Å². The molecule has 1 aliphatic rings. The largest absolute Gasteiger partial charge is 0.360 e. The van der Waals surface area contributed by atoms with Crippen molar-refractivity contribution >= 4 is 11.6 Å². The van der Waals surface area contributed by atoms with Gasteiger partial charge in [-0.1, -0.05) is 13.8 Å². The fraction of sp³-hybridized carbons (Fsp3) is 0.562. The number of carbonyl (C=O) groups is 1. The van der Waals surface area contributed by atoms with Crippen LogP contribution in [0.4, 0.5) is 10.1 Å². The summed E-state index contributed by atoms with van der Waals surface area (Å²) in [6.45, 7) is 9.15. The summed E-state index contributed by atoms with van der Waals surface area (Å²) in [6, 6.07) is 6.62. The second-order valence-electron chi connectivity index (χ2n) is 6.09. The Morgan fingerprint density at radius 2 is 1.90 bits per heavy atom. The van der Waals surface area contributed by atoms with Gasteiger partial charge >= 0.3 is 0 Å². The highest BCUT2D eigenvalue weighted by molar-refractivity contribution is 5.76. The van der Waals surface area contributed by atoms with Crippen LogP contribution in [0, 0.1) is 11.7 Å². The summed E-state index contributed by atoms with van der Waals surface area (Å²) < 4.78 is 12.9. The van der Waals surface area contributed by atoms with Gasteiger partial charge in [0.1, 0.15) is 5.82 Å². The Labute approximate surface area is 125 Å². The summed E-state index contributed by atoms with van der Waals surface area (Å²) >= 11 is 0. The molecule has 0 spiro atoms. The molecule has 116 valence electrons. The molecule has 2 rings (SSSR count). The van der Waals surface area contributed by atoms with Crippen LogP contribution in [0.15, 0.2) is 24.3 Å². The number of rotatable bonds is 5. The highest BCUT2D eigenvalue weighted by atomic mass is 19.1. The van der Waals surface area contributed by atoms with E-state index in [0.29, 0.717) is 12.5 Å². The lowest BCUT2D eigenvalue weighted by molar-refractivity contribution is -0.892. The Bertz CT molecular complexity index is 453. The van der Waals surface area contributed by atoms with Gasteiger partial charge < -0.3 is 15.1 Å². The van der Waals surface area contributed by atoms with Gasteiger partial charge in [0, 0.05) is 12.2 Å². The van der Waals surface area contributed by atoms with Gasteiger partial charge in [-0.2, -0.15) is 0 Å². The monoisotopic (exact) mass is 294 g/mol. The second kappa shape index (κ2) is 7.41. The molecule has 0 unspecified atom stereocenters. The first-order chi connectivity index (χ1) is 10.0. The van der Waals surface area contributed by atoms with Crippen LogP contribution in [0.25, 0.3) is 0 Å². The molecule has 4 nitrogen and oxygen atoms in total. The van der Waals surface area contributed by atoms with Crippen molar-refractivity contribution in [2.75, 3.05) is 44.2 Å². The van der Waals surface area contributed by atoms with Crippen molar-refractivity contribution in [3.8, 4) is 0 Å². The second-order valence-corrected chi connectivity index (χ2v) is 6.09. The molecule has 1 amide bonds. The minimum Gasteiger partial charge on any atom is -0.360 e. The molecule has 1 saturated heterocycles. The molecule has 1 heterocycles. The molecule has 21 heavy (non-hydrogen) atoms. The number of carbonyl (C=O) groups excluding carboxylic acids is 1. The molecule has 1 aromatic rings. The average molecular weight is 294 g/mol. The van der Waals surface area contributed by atoms with Gasteiger partial charge in [0.2, 0.25) is 0 Å². The molecular weight excluding hydrogens is 269 g/mol. The number of quaternary nitrogens is 1. The Morgan fingerprint density at radius 1 is 1.29 bits per heavy atom. The molecule has 5 heteroatoms. The minimum absolute atomic E-state index is 0.133.